The van der Waals surface area contributed by atoms with Crippen LogP contribution >= 0.6 is 0 Å². The zero-order chi connectivity index (χ0) is 11.0. The number of fused-ring (bicyclic) bond motifs is 1. The molecule has 0 aliphatic heterocycles. The van der Waals surface area contributed by atoms with Gasteiger partial charge in [-0.1, -0.05) is 6.07 Å². The molecule has 0 spiro atoms. The van der Waals surface area contributed by atoms with E-state index < -0.39 is 5.97 Å². The quantitative estimate of drug-likeness (QED) is 0.784. The number of aryl methyl sites for hydroxylation is 1. The fraction of sp³-hybridized carbons (Fsp3) is 0.182. The Morgan fingerprint density at radius 3 is 2.87 bits per heavy atom. The van der Waals surface area contributed by atoms with Crippen LogP contribution in [-0.2, 0) is 11.3 Å². The van der Waals surface area contributed by atoms with E-state index in [1.54, 1.807) is 28.8 Å². The SMILES string of the molecule is Cc1cc2c(O)cccc2n1CC(=O)O. The van der Waals surface area contributed by atoms with E-state index in [-0.39, 0.29) is 12.3 Å². The van der Waals surface area contributed by atoms with E-state index in [1.165, 1.54) is 0 Å². The normalized spacial score (nSPS) is 10.7. The van der Waals surface area contributed by atoms with Gasteiger partial charge in [0.2, 0.25) is 0 Å². The van der Waals surface area contributed by atoms with Crippen LogP contribution in [0.2, 0.25) is 0 Å². The summed E-state index contributed by atoms with van der Waals surface area (Å²) in [5, 5.41) is 19.0. The number of aliphatic carboxylic acids is 1. The number of rotatable bonds is 2. The molecule has 0 saturated heterocycles. The highest BCUT2D eigenvalue weighted by atomic mass is 16.4. The molecule has 0 radical (unpaired) electrons. The number of nitrogens with zero attached hydrogens (tertiary/aromatic N) is 1. The molecule has 0 saturated carbocycles. The monoisotopic (exact) mass is 205 g/mol. The summed E-state index contributed by atoms with van der Waals surface area (Å²) in [5.41, 5.74) is 1.57. The summed E-state index contributed by atoms with van der Waals surface area (Å²) < 4.78 is 1.66. The molecule has 0 bridgehead atoms. The fourth-order valence-electron chi connectivity index (χ4n) is 1.75. The maximum Gasteiger partial charge on any atom is 0.323 e. The lowest BCUT2D eigenvalue weighted by molar-refractivity contribution is -0.137. The summed E-state index contributed by atoms with van der Waals surface area (Å²) in [7, 11) is 0. The van der Waals surface area contributed by atoms with Crippen molar-refractivity contribution in [3.63, 3.8) is 0 Å². The van der Waals surface area contributed by atoms with Gasteiger partial charge in [-0.05, 0) is 25.1 Å². The number of hydrogen-bond acceptors (Lipinski definition) is 2. The molecule has 2 rings (SSSR count). The molecule has 1 aromatic heterocycles. The van der Waals surface area contributed by atoms with Crippen molar-refractivity contribution >= 4 is 16.9 Å². The number of carbonyl (C=O) groups is 1. The van der Waals surface area contributed by atoms with Gasteiger partial charge in [0.1, 0.15) is 12.3 Å². The van der Waals surface area contributed by atoms with Gasteiger partial charge in [0.15, 0.2) is 0 Å². The van der Waals surface area contributed by atoms with Crippen molar-refractivity contribution in [3.05, 3.63) is 30.0 Å². The first-order valence-electron chi connectivity index (χ1n) is 4.59. The van der Waals surface area contributed by atoms with Crippen LogP contribution in [0.25, 0.3) is 10.9 Å². The third kappa shape index (κ3) is 1.54. The van der Waals surface area contributed by atoms with E-state index in [4.69, 9.17) is 5.11 Å². The number of hydrogen-bond donors (Lipinski definition) is 2. The summed E-state index contributed by atoms with van der Waals surface area (Å²) in [6, 6.07) is 6.88. The van der Waals surface area contributed by atoms with E-state index >= 15 is 0 Å². The number of aromatic hydroxyl groups is 1. The van der Waals surface area contributed by atoms with Crippen LogP contribution in [0.15, 0.2) is 24.3 Å². The Hall–Kier alpha value is -1.97. The zero-order valence-electron chi connectivity index (χ0n) is 8.27. The van der Waals surface area contributed by atoms with Crippen LogP contribution in [-0.4, -0.2) is 20.7 Å². The van der Waals surface area contributed by atoms with Gasteiger partial charge in [0.05, 0.1) is 5.52 Å². The molecule has 1 heterocycles. The van der Waals surface area contributed by atoms with Gasteiger partial charge in [-0.3, -0.25) is 4.79 Å². The lowest BCUT2D eigenvalue weighted by Crippen LogP contribution is -2.09. The molecule has 0 unspecified atom stereocenters. The van der Waals surface area contributed by atoms with Gasteiger partial charge >= 0.3 is 5.97 Å². The van der Waals surface area contributed by atoms with Crippen molar-refractivity contribution in [3.8, 4) is 5.75 Å². The van der Waals surface area contributed by atoms with Gasteiger partial charge in [-0.15, -0.1) is 0 Å². The van der Waals surface area contributed by atoms with Gasteiger partial charge < -0.3 is 14.8 Å². The Kier molecular flexibility index (Phi) is 2.11. The summed E-state index contributed by atoms with van der Waals surface area (Å²) in [6.45, 7) is 1.74. The summed E-state index contributed by atoms with van der Waals surface area (Å²) in [6.07, 6.45) is 0. The minimum atomic E-state index is -0.890. The van der Waals surface area contributed by atoms with Crippen LogP contribution in [0.4, 0.5) is 0 Å². The highest BCUT2D eigenvalue weighted by Gasteiger charge is 2.10. The van der Waals surface area contributed by atoms with Crippen molar-refractivity contribution in [1.82, 2.24) is 4.57 Å². The molecular formula is C11H11NO3. The molecule has 0 aliphatic carbocycles. The number of carboxylic acid groups (broad SMARTS) is 1. The van der Waals surface area contributed by atoms with Crippen LogP contribution in [0.3, 0.4) is 0 Å². The third-order valence-corrected chi connectivity index (χ3v) is 2.42. The Labute approximate surface area is 86.4 Å². The average molecular weight is 205 g/mol. The predicted octanol–water partition coefficient (Wildman–Crippen LogP) is 1.74. The molecule has 0 amide bonds. The van der Waals surface area contributed by atoms with E-state index in [9.17, 15) is 9.90 Å². The van der Waals surface area contributed by atoms with Crippen LogP contribution in [0.1, 0.15) is 5.69 Å². The highest BCUT2D eigenvalue weighted by Crippen LogP contribution is 2.27. The van der Waals surface area contributed by atoms with E-state index in [0.717, 1.165) is 11.2 Å². The predicted molar refractivity (Wildman–Crippen MR) is 56.0 cm³/mol. The molecule has 15 heavy (non-hydrogen) atoms. The molecule has 4 nitrogen and oxygen atoms in total. The van der Waals surface area contributed by atoms with E-state index in [2.05, 4.69) is 0 Å². The maximum absolute atomic E-state index is 10.7. The minimum absolute atomic E-state index is 0.0845. The van der Waals surface area contributed by atoms with E-state index in [1.807, 2.05) is 6.92 Å². The first-order chi connectivity index (χ1) is 7.09. The van der Waals surface area contributed by atoms with E-state index in [0.29, 0.717) is 5.39 Å². The smallest absolute Gasteiger partial charge is 0.323 e. The van der Waals surface area contributed by atoms with Crippen LogP contribution in [0.5, 0.6) is 5.75 Å². The first-order valence-corrected chi connectivity index (χ1v) is 4.59. The molecule has 78 valence electrons. The van der Waals surface area contributed by atoms with Gasteiger partial charge in [-0.2, -0.15) is 0 Å². The molecule has 4 heteroatoms. The minimum Gasteiger partial charge on any atom is -0.507 e. The second-order valence-electron chi connectivity index (χ2n) is 3.48. The van der Waals surface area contributed by atoms with Crippen molar-refractivity contribution in [2.24, 2.45) is 0 Å². The molecule has 2 aromatic rings. The van der Waals surface area contributed by atoms with Crippen molar-refractivity contribution in [2.75, 3.05) is 0 Å². The second kappa shape index (κ2) is 3.31. The Morgan fingerprint density at radius 1 is 1.47 bits per heavy atom. The molecular weight excluding hydrogens is 194 g/mol. The number of benzene rings is 1. The molecule has 0 aliphatic rings. The first kappa shape index (κ1) is 9.58. The molecule has 2 N–H and O–H groups in total. The topological polar surface area (TPSA) is 62.5 Å². The Balaban J connectivity index is 2.68. The lowest BCUT2D eigenvalue weighted by atomic mass is 10.2. The second-order valence-corrected chi connectivity index (χ2v) is 3.48. The Bertz CT molecular complexity index is 528. The molecule has 0 fully saturated rings. The highest BCUT2D eigenvalue weighted by molar-refractivity contribution is 5.88. The van der Waals surface area contributed by atoms with Gasteiger partial charge in [0, 0.05) is 11.1 Å². The number of carboxylic acids is 1. The standard InChI is InChI=1S/C11H11NO3/c1-7-5-8-9(3-2-4-10(8)13)12(7)6-11(14)15/h2-5,13H,6H2,1H3,(H,14,15). The number of aromatic nitrogens is 1. The van der Waals surface area contributed by atoms with Crippen molar-refractivity contribution in [1.29, 1.82) is 0 Å². The molecule has 0 atom stereocenters. The zero-order valence-corrected chi connectivity index (χ0v) is 8.27. The van der Waals surface area contributed by atoms with Crippen LogP contribution < -0.4 is 0 Å². The lowest BCUT2D eigenvalue weighted by Gasteiger charge is -2.04. The summed E-state index contributed by atoms with van der Waals surface area (Å²) in [5.74, 6) is -0.710. The average Bonchev–Trinajstić information content (AvgIpc) is 2.45. The third-order valence-electron chi connectivity index (χ3n) is 2.42. The Morgan fingerprint density at radius 2 is 2.20 bits per heavy atom. The summed E-state index contributed by atoms with van der Waals surface area (Å²) >= 11 is 0. The maximum atomic E-state index is 10.7. The van der Waals surface area contributed by atoms with Crippen molar-refractivity contribution in [2.45, 2.75) is 13.5 Å². The number of phenols is 1. The molecule has 1 aromatic carbocycles. The van der Waals surface area contributed by atoms with Gasteiger partial charge in [0.25, 0.3) is 0 Å². The number of phenolic OH excluding ortho intramolecular Hbond substituents is 1. The summed E-state index contributed by atoms with van der Waals surface area (Å²) in [4.78, 5) is 10.7. The van der Waals surface area contributed by atoms with Crippen molar-refractivity contribution < 1.29 is 15.0 Å². The van der Waals surface area contributed by atoms with Crippen LogP contribution in [0, 0.1) is 6.92 Å². The van der Waals surface area contributed by atoms with Gasteiger partial charge in [-0.25, -0.2) is 0 Å². The fourth-order valence-corrected chi connectivity index (χ4v) is 1.75. The largest absolute Gasteiger partial charge is 0.507 e.